The largest absolute Gasteiger partial charge is 0.303 e. The Balaban J connectivity index is 1.76. The Labute approximate surface area is 73.9 Å². The number of hydrogen-bond donors (Lipinski definition) is 0. The van der Waals surface area contributed by atoms with E-state index in [1.807, 2.05) is 0 Å². The van der Waals surface area contributed by atoms with Gasteiger partial charge in [-0.25, -0.2) is 0 Å². The molecule has 1 saturated heterocycles. The molecule has 0 N–H and O–H groups in total. The van der Waals surface area contributed by atoms with Crippen LogP contribution in [-0.2, 0) is 4.79 Å². The van der Waals surface area contributed by atoms with Gasteiger partial charge in [-0.05, 0) is 38.1 Å². The summed E-state index contributed by atoms with van der Waals surface area (Å²) in [7, 11) is 0. The Morgan fingerprint density at radius 3 is 2.83 bits per heavy atom. The minimum Gasteiger partial charge on any atom is -0.303 e. The molecule has 0 unspecified atom stereocenters. The van der Waals surface area contributed by atoms with E-state index in [0.29, 0.717) is 5.92 Å². The van der Waals surface area contributed by atoms with Gasteiger partial charge < -0.3 is 9.69 Å². The Morgan fingerprint density at radius 2 is 2.17 bits per heavy atom. The second-order valence-corrected chi connectivity index (χ2v) is 4.24. The number of rotatable bonds is 3. The van der Waals surface area contributed by atoms with Gasteiger partial charge in [-0.1, -0.05) is 0 Å². The second-order valence-electron chi connectivity index (χ2n) is 4.24. The number of aldehydes is 1. The summed E-state index contributed by atoms with van der Waals surface area (Å²) >= 11 is 0. The van der Waals surface area contributed by atoms with Crippen LogP contribution in [-0.4, -0.2) is 30.8 Å². The smallest absolute Gasteiger partial charge is 0.124 e. The average Bonchev–Trinajstić information content (AvgIpc) is 2.89. The van der Waals surface area contributed by atoms with Crippen LogP contribution in [0.25, 0.3) is 0 Å². The lowest BCUT2D eigenvalue weighted by molar-refractivity contribution is -0.112. The minimum absolute atomic E-state index is 0.331. The Bertz CT molecular complexity index is 165. The fourth-order valence-electron chi connectivity index (χ4n) is 2.03. The molecule has 1 aliphatic carbocycles. The molecule has 1 atom stereocenters. The number of hydrogen-bond acceptors (Lipinski definition) is 2. The third-order valence-corrected chi connectivity index (χ3v) is 2.95. The highest BCUT2D eigenvalue weighted by atomic mass is 16.1. The van der Waals surface area contributed by atoms with Crippen molar-refractivity contribution in [3.8, 4) is 0 Å². The first-order valence-electron chi connectivity index (χ1n) is 5.06. The summed E-state index contributed by atoms with van der Waals surface area (Å²) < 4.78 is 0. The van der Waals surface area contributed by atoms with E-state index in [1.165, 1.54) is 32.4 Å². The van der Waals surface area contributed by atoms with Crippen molar-refractivity contribution in [3.05, 3.63) is 0 Å². The summed E-state index contributed by atoms with van der Waals surface area (Å²) in [5, 5.41) is 0. The van der Waals surface area contributed by atoms with E-state index in [0.717, 1.165) is 25.2 Å². The van der Waals surface area contributed by atoms with Crippen molar-refractivity contribution in [3.63, 3.8) is 0 Å². The summed E-state index contributed by atoms with van der Waals surface area (Å²) in [6.45, 7) is 3.51. The molecule has 1 saturated carbocycles. The maximum absolute atomic E-state index is 10.6. The van der Waals surface area contributed by atoms with Gasteiger partial charge in [-0.15, -0.1) is 0 Å². The van der Waals surface area contributed by atoms with E-state index in [4.69, 9.17) is 0 Å². The van der Waals surface area contributed by atoms with Gasteiger partial charge >= 0.3 is 0 Å². The van der Waals surface area contributed by atoms with Crippen molar-refractivity contribution in [1.82, 2.24) is 4.90 Å². The molecule has 1 aliphatic heterocycles. The highest BCUT2D eigenvalue weighted by molar-refractivity contribution is 5.53. The topological polar surface area (TPSA) is 20.3 Å². The van der Waals surface area contributed by atoms with Crippen molar-refractivity contribution in [2.45, 2.75) is 25.7 Å². The second kappa shape index (κ2) is 3.56. The molecule has 0 spiro atoms. The monoisotopic (exact) mass is 167 g/mol. The van der Waals surface area contributed by atoms with Gasteiger partial charge in [-0.2, -0.15) is 0 Å². The van der Waals surface area contributed by atoms with Crippen LogP contribution < -0.4 is 0 Å². The van der Waals surface area contributed by atoms with Crippen molar-refractivity contribution >= 4 is 6.29 Å². The molecule has 68 valence electrons. The predicted molar refractivity (Wildman–Crippen MR) is 48.0 cm³/mol. The zero-order chi connectivity index (χ0) is 8.39. The molecule has 2 nitrogen and oxygen atoms in total. The highest BCUT2D eigenvalue weighted by Crippen LogP contribution is 2.30. The predicted octanol–water partition coefficient (Wildman–Crippen LogP) is 1.31. The lowest BCUT2D eigenvalue weighted by Gasteiger charge is -2.29. The summed E-state index contributed by atoms with van der Waals surface area (Å²) in [4.78, 5) is 13.1. The van der Waals surface area contributed by atoms with Gasteiger partial charge in [0, 0.05) is 19.0 Å². The van der Waals surface area contributed by atoms with Crippen LogP contribution in [0.5, 0.6) is 0 Å². The Morgan fingerprint density at radius 1 is 1.33 bits per heavy atom. The molecule has 2 fully saturated rings. The third kappa shape index (κ3) is 2.07. The van der Waals surface area contributed by atoms with Crippen LogP contribution in [0.15, 0.2) is 0 Å². The SMILES string of the molecule is O=C[C@@H]1CCCN(CC2CC2)C1. The van der Waals surface area contributed by atoms with E-state index >= 15 is 0 Å². The molecule has 0 bridgehead atoms. The van der Waals surface area contributed by atoms with Gasteiger partial charge in [0.05, 0.1) is 0 Å². The molecule has 0 aromatic carbocycles. The quantitative estimate of drug-likeness (QED) is 0.591. The van der Waals surface area contributed by atoms with Crippen LogP contribution in [0.4, 0.5) is 0 Å². The Kier molecular flexibility index (Phi) is 2.45. The first-order chi connectivity index (χ1) is 5.88. The fraction of sp³-hybridized carbons (Fsp3) is 0.900. The van der Waals surface area contributed by atoms with Gasteiger partial charge in [0.2, 0.25) is 0 Å². The fourth-order valence-corrected chi connectivity index (χ4v) is 2.03. The Hall–Kier alpha value is -0.370. The number of piperidine rings is 1. The van der Waals surface area contributed by atoms with Gasteiger partial charge in [0.25, 0.3) is 0 Å². The van der Waals surface area contributed by atoms with E-state index in [2.05, 4.69) is 4.90 Å². The molecule has 1 heterocycles. The molecule has 0 amide bonds. The molecule has 2 rings (SSSR count). The molecular weight excluding hydrogens is 150 g/mol. The van der Waals surface area contributed by atoms with E-state index in [1.54, 1.807) is 0 Å². The molecule has 0 aromatic rings. The zero-order valence-electron chi connectivity index (χ0n) is 7.54. The van der Waals surface area contributed by atoms with Gasteiger partial charge in [0.15, 0.2) is 0 Å². The molecular formula is C10H17NO. The van der Waals surface area contributed by atoms with Crippen LogP contribution in [0.1, 0.15) is 25.7 Å². The van der Waals surface area contributed by atoms with E-state index in [-0.39, 0.29) is 0 Å². The lowest BCUT2D eigenvalue weighted by atomic mass is 9.99. The van der Waals surface area contributed by atoms with E-state index < -0.39 is 0 Å². The van der Waals surface area contributed by atoms with Gasteiger partial charge in [-0.3, -0.25) is 0 Å². The van der Waals surface area contributed by atoms with Crippen LogP contribution in [0.2, 0.25) is 0 Å². The summed E-state index contributed by atoms with van der Waals surface area (Å²) in [6.07, 6.45) is 6.31. The maximum atomic E-state index is 10.6. The molecule has 2 aliphatic rings. The standard InChI is InChI=1S/C10H17NO/c12-8-10-2-1-5-11(7-10)6-9-3-4-9/h8-10H,1-7H2/t10-/m1/s1. The van der Waals surface area contributed by atoms with Crippen molar-refractivity contribution < 1.29 is 4.79 Å². The van der Waals surface area contributed by atoms with Crippen LogP contribution in [0, 0.1) is 11.8 Å². The number of carbonyl (C=O) groups is 1. The summed E-state index contributed by atoms with van der Waals surface area (Å²) in [5.41, 5.74) is 0. The van der Waals surface area contributed by atoms with Crippen molar-refractivity contribution in [1.29, 1.82) is 0 Å². The highest BCUT2D eigenvalue weighted by Gasteiger charge is 2.27. The molecule has 0 aromatic heterocycles. The van der Waals surface area contributed by atoms with Crippen molar-refractivity contribution in [2.24, 2.45) is 11.8 Å². The first-order valence-corrected chi connectivity index (χ1v) is 5.06. The van der Waals surface area contributed by atoms with Crippen LogP contribution in [0.3, 0.4) is 0 Å². The van der Waals surface area contributed by atoms with Gasteiger partial charge in [0.1, 0.15) is 6.29 Å². The molecule has 12 heavy (non-hydrogen) atoms. The molecule has 2 heteroatoms. The number of carbonyl (C=O) groups excluding carboxylic acids is 1. The minimum atomic E-state index is 0.331. The van der Waals surface area contributed by atoms with Crippen LogP contribution >= 0.6 is 0 Å². The summed E-state index contributed by atoms with van der Waals surface area (Å²) in [5.74, 6) is 1.30. The average molecular weight is 167 g/mol. The van der Waals surface area contributed by atoms with E-state index in [9.17, 15) is 4.79 Å². The molecule has 0 radical (unpaired) electrons. The first kappa shape index (κ1) is 8.24. The van der Waals surface area contributed by atoms with Crippen molar-refractivity contribution in [2.75, 3.05) is 19.6 Å². The summed E-state index contributed by atoms with van der Waals surface area (Å²) in [6, 6.07) is 0. The lowest BCUT2D eigenvalue weighted by Crippen LogP contribution is -2.37. The normalized spacial score (nSPS) is 31.8. The zero-order valence-corrected chi connectivity index (χ0v) is 7.54. The third-order valence-electron chi connectivity index (χ3n) is 2.95. The number of likely N-dealkylation sites (tertiary alicyclic amines) is 1. The maximum Gasteiger partial charge on any atom is 0.124 e. The number of nitrogens with zero attached hydrogens (tertiary/aromatic N) is 1.